The molecule has 2 N–H and O–H groups in total. The van der Waals surface area contributed by atoms with E-state index in [1.807, 2.05) is 42.1 Å². The molecule has 1 saturated heterocycles. The van der Waals surface area contributed by atoms with E-state index in [1.54, 1.807) is 17.5 Å². The van der Waals surface area contributed by atoms with Gasteiger partial charge in [0, 0.05) is 19.0 Å². The molecule has 0 saturated carbocycles. The molecule has 3 aromatic heterocycles. The number of carbonyl (C=O) groups excluding carboxylic acids is 1. The van der Waals surface area contributed by atoms with Gasteiger partial charge in [-0.15, -0.1) is 11.3 Å². The zero-order chi connectivity index (χ0) is 22.1. The zero-order valence-corrected chi connectivity index (χ0v) is 18.5. The molecule has 0 bridgehead atoms. The Hall–Kier alpha value is -3.07. The molecule has 1 amide bonds. The van der Waals surface area contributed by atoms with Crippen LogP contribution in [-0.2, 0) is 11.2 Å². The number of rotatable bonds is 5. The average Bonchev–Trinajstić information content (AvgIpc) is 3.47. The van der Waals surface area contributed by atoms with Crippen LogP contribution in [0.25, 0.3) is 15.9 Å². The van der Waals surface area contributed by atoms with Crippen molar-refractivity contribution in [1.29, 1.82) is 0 Å². The SMILES string of the molecule is Cc1csc2c(Cc3ccc(-n4cccn4)cc3)cc(C(=O)N[C@H]3CCOC[C@@H]3O)nc12. The van der Waals surface area contributed by atoms with E-state index >= 15 is 0 Å². The van der Waals surface area contributed by atoms with E-state index in [4.69, 9.17) is 4.74 Å². The Labute approximate surface area is 189 Å². The van der Waals surface area contributed by atoms with Gasteiger partial charge in [-0.1, -0.05) is 12.1 Å². The van der Waals surface area contributed by atoms with E-state index in [0.29, 0.717) is 25.1 Å². The van der Waals surface area contributed by atoms with Crippen molar-refractivity contribution in [1.82, 2.24) is 20.1 Å². The summed E-state index contributed by atoms with van der Waals surface area (Å²) in [4.78, 5) is 17.6. The minimum absolute atomic E-state index is 0.237. The van der Waals surface area contributed by atoms with Crippen LogP contribution in [-0.4, -0.2) is 51.1 Å². The molecule has 32 heavy (non-hydrogen) atoms. The number of nitrogens with zero attached hydrogens (tertiary/aromatic N) is 3. The van der Waals surface area contributed by atoms with Gasteiger partial charge in [0.25, 0.3) is 5.91 Å². The number of aromatic nitrogens is 3. The lowest BCUT2D eigenvalue weighted by Crippen LogP contribution is -2.48. The maximum absolute atomic E-state index is 13.0. The van der Waals surface area contributed by atoms with Crippen LogP contribution in [0.5, 0.6) is 0 Å². The van der Waals surface area contributed by atoms with Crippen LogP contribution >= 0.6 is 11.3 Å². The second kappa shape index (κ2) is 8.82. The van der Waals surface area contributed by atoms with Crippen molar-refractivity contribution in [3.05, 3.63) is 76.6 Å². The van der Waals surface area contributed by atoms with Crippen LogP contribution in [0.2, 0.25) is 0 Å². The smallest absolute Gasteiger partial charge is 0.270 e. The summed E-state index contributed by atoms with van der Waals surface area (Å²) in [7, 11) is 0. The predicted molar refractivity (Wildman–Crippen MR) is 123 cm³/mol. The number of benzene rings is 1. The molecule has 0 aliphatic carbocycles. The Kier molecular flexibility index (Phi) is 5.73. The molecule has 4 heterocycles. The zero-order valence-electron chi connectivity index (χ0n) is 17.7. The normalized spacial score (nSPS) is 18.7. The number of pyridine rings is 1. The summed E-state index contributed by atoms with van der Waals surface area (Å²) in [5.41, 5.74) is 5.50. The lowest BCUT2D eigenvalue weighted by atomic mass is 10.0. The number of hydrogen-bond acceptors (Lipinski definition) is 6. The highest BCUT2D eigenvalue weighted by molar-refractivity contribution is 7.17. The second-order valence-corrected chi connectivity index (χ2v) is 8.95. The Balaban J connectivity index is 1.43. The van der Waals surface area contributed by atoms with Crippen molar-refractivity contribution < 1.29 is 14.6 Å². The summed E-state index contributed by atoms with van der Waals surface area (Å²) in [6, 6.07) is 11.7. The third-order valence-electron chi connectivity index (χ3n) is 5.75. The summed E-state index contributed by atoms with van der Waals surface area (Å²) in [5, 5.41) is 19.4. The first-order valence-corrected chi connectivity index (χ1v) is 11.5. The summed E-state index contributed by atoms with van der Waals surface area (Å²) in [5.74, 6) is -0.265. The molecule has 2 atom stereocenters. The molecule has 0 unspecified atom stereocenters. The third kappa shape index (κ3) is 4.17. The molecule has 8 heteroatoms. The Morgan fingerprint density at radius 1 is 1.34 bits per heavy atom. The highest BCUT2D eigenvalue weighted by atomic mass is 32.1. The molecule has 1 aromatic carbocycles. The molecule has 5 rings (SSSR count). The van der Waals surface area contributed by atoms with Crippen molar-refractivity contribution in [3.8, 4) is 5.69 Å². The van der Waals surface area contributed by atoms with Gasteiger partial charge in [-0.2, -0.15) is 5.10 Å². The van der Waals surface area contributed by atoms with E-state index in [1.165, 1.54) is 0 Å². The van der Waals surface area contributed by atoms with Gasteiger partial charge in [0.05, 0.1) is 34.7 Å². The fraction of sp³-hybridized carbons (Fsp3) is 0.292. The van der Waals surface area contributed by atoms with Gasteiger partial charge in [0.15, 0.2) is 0 Å². The minimum Gasteiger partial charge on any atom is -0.389 e. The molecule has 4 aromatic rings. The second-order valence-electron chi connectivity index (χ2n) is 8.07. The number of aliphatic hydroxyl groups is 1. The number of aliphatic hydroxyl groups excluding tert-OH is 1. The van der Waals surface area contributed by atoms with Crippen LogP contribution in [0.4, 0.5) is 0 Å². The van der Waals surface area contributed by atoms with E-state index in [0.717, 1.165) is 32.6 Å². The fourth-order valence-corrected chi connectivity index (χ4v) is 4.98. The molecule has 0 radical (unpaired) electrons. The highest BCUT2D eigenvalue weighted by Gasteiger charge is 2.26. The first-order valence-electron chi connectivity index (χ1n) is 10.6. The molecular weight excluding hydrogens is 424 g/mol. The number of aryl methyl sites for hydroxylation is 1. The molecule has 1 aliphatic rings. The summed E-state index contributed by atoms with van der Waals surface area (Å²) in [6.07, 6.45) is 4.25. The van der Waals surface area contributed by atoms with Crippen molar-refractivity contribution in [2.45, 2.75) is 31.9 Å². The highest BCUT2D eigenvalue weighted by Crippen LogP contribution is 2.30. The van der Waals surface area contributed by atoms with E-state index in [9.17, 15) is 9.90 Å². The molecule has 164 valence electrons. The van der Waals surface area contributed by atoms with Crippen LogP contribution in [0.15, 0.2) is 54.2 Å². The Morgan fingerprint density at radius 3 is 2.94 bits per heavy atom. The average molecular weight is 449 g/mol. The number of carbonyl (C=O) groups is 1. The summed E-state index contributed by atoms with van der Waals surface area (Å²) < 4.78 is 8.18. The van der Waals surface area contributed by atoms with Gasteiger partial charge in [-0.3, -0.25) is 4.79 Å². The number of hydrogen-bond donors (Lipinski definition) is 2. The van der Waals surface area contributed by atoms with E-state index in [-0.39, 0.29) is 18.6 Å². The van der Waals surface area contributed by atoms with Crippen molar-refractivity contribution >= 4 is 27.5 Å². The number of ether oxygens (including phenoxy) is 1. The number of amides is 1. The maximum Gasteiger partial charge on any atom is 0.270 e. The molecule has 0 spiro atoms. The molecule has 7 nitrogen and oxygen atoms in total. The van der Waals surface area contributed by atoms with E-state index in [2.05, 4.69) is 32.9 Å². The quantitative estimate of drug-likeness (QED) is 0.489. The van der Waals surface area contributed by atoms with Crippen LogP contribution in [0, 0.1) is 6.92 Å². The first kappa shape index (κ1) is 20.8. The molecular formula is C24H24N4O3S. The standard InChI is InChI=1S/C24H24N4O3S/c1-15-14-32-23-17(11-16-3-5-18(6-4-16)28-9-2-8-25-28)12-20(26-22(15)23)24(30)27-19-7-10-31-13-21(19)29/h2-6,8-9,12,14,19,21,29H,7,10-11,13H2,1H3,(H,27,30)/t19-,21-/m0/s1. The first-order chi connectivity index (χ1) is 15.6. The van der Waals surface area contributed by atoms with Crippen LogP contribution in [0.3, 0.4) is 0 Å². The lowest BCUT2D eigenvalue weighted by molar-refractivity contribution is -0.0261. The van der Waals surface area contributed by atoms with Gasteiger partial charge in [0.1, 0.15) is 5.69 Å². The number of thiophene rings is 1. The van der Waals surface area contributed by atoms with Crippen LogP contribution in [0.1, 0.15) is 33.6 Å². The summed E-state index contributed by atoms with van der Waals surface area (Å²) in [6.45, 7) is 2.77. The summed E-state index contributed by atoms with van der Waals surface area (Å²) >= 11 is 1.65. The van der Waals surface area contributed by atoms with E-state index < -0.39 is 6.10 Å². The fourth-order valence-electron chi connectivity index (χ4n) is 3.98. The van der Waals surface area contributed by atoms with Gasteiger partial charge >= 0.3 is 0 Å². The predicted octanol–water partition coefficient (Wildman–Crippen LogP) is 3.26. The topological polar surface area (TPSA) is 89.3 Å². The van der Waals surface area contributed by atoms with Gasteiger partial charge in [-0.05, 0) is 66.1 Å². The number of nitrogens with one attached hydrogen (secondary N) is 1. The number of fused-ring (bicyclic) bond motifs is 1. The van der Waals surface area contributed by atoms with Crippen molar-refractivity contribution in [2.75, 3.05) is 13.2 Å². The minimum atomic E-state index is -0.702. The lowest BCUT2D eigenvalue weighted by Gasteiger charge is -2.28. The maximum atomic E-state index is 13.0. The van der Waals surface area contributed by atoms with Crippen molar-refractivity contribution in [2.24, 2.45) is 0 Å². The Morgan fingerprint density at radius 2 is 2.19 bits per heavy atom. The van der Waals surface area contributed by atoms with Gasteiger partial charge < -0.3 is 15.2 Å². The Bertz CT molecular complexity index is 1230. The monoisotopic (exact) mass is 448 g/mol. The molecule has 1 fully saturated rings. The van der Waals surface area contributed by atoms with Crippen molar-refractivity contribution in [3.63, 3.8) is 0 Å². The third-order valence-corrected chi connectivity index (χ3v) is 6.91. The van der Waals surface area contributed by atoms with Gasteiger partial charge in [0.2, 0.25) is 0 Å². The largest absolute Gasteiger partial charge is 0.389 e. The van der Waals surface area contributed by atoms with Crippen LogP contribution < -0.4 is 5.32 Å². The van der Waals surface area contributed by atoms with Gasteiger partial charge in [-0.25, -0.2) is 9.67 Å². The molecule has 1 aliphatic heterocycles.